The van der Waals surface area contributed by atoms with Crippen molar-refractivity contribution in [2.75, 3.05) is 6.61 Å². The molecule has 1 atom stereocenters. The predicted octanol–water partition coefficient (Wildman–Crippen LogP) is 3.07. The average molecular weight is 289 g/mol. The lowest BCUT2D eigenvalue weighted by molar-refractivity contribution is -0.122. The molecule has 1 saturated carbocycles. The molecular formula is C18H27NO2. The molecule has 0 saturated heterocycles. The van der Waals surface area contributed by atoms with E-state index in [1.807, 2.05) is 18.2 Å². The van der Waals surface area contributed by atoms with E-state index < -0.39 is 0 Å². The fourth-order valence-corrected chi connectivity index (χ4v) is 3.28. The van der Waals surface area contributed by atoms with Crippen LogP contribution in [0.4, 0.5) is 0 Å². The van der Waals surface area contributed by atoms with Gasteiger partial charge in [-0.05, 0) is 37.2 Å². The highest BCUT2D eigenvalue weighted by Gasteiger charge is 2.24. The third-order valence-corrected chi connectivity index (χ3v) is 4.49. The summed E-state index contributed by atoms with van der Waals surface area (Å²) in [5.41, 5.74) is 1.20. The molecule has 2 rings (SSSR count). The second kappa shape index (κ2) is 8.83. The van der Waals surface area contributed by atoms with Crippen molar-refractivity contribution < 1.29 is 9.90 Å². The van der Waals surface area contributed by atoms with Crippen LogP contribution in [-0.2, 0) is 11.2 Å². The summed E-state index contributed by atoms with van der Waals surface area (Å²) in [4.78, 5) is 12.2. The number of carbonyl (C=O) groups excluding carboxylic acids is 1. The first-order valence-corrected chi connectivity index (χ1v) is 8.23. The highest BCUT2D eigenvalue weighted by molar-refractivity contribution is 5.76. The van der Waals surface area contributed by atoms with E-state index in [0.29, 0.717) is 18.8 Å². The Hall–Kier alpha value is -1.35. The zero-order valence-electron chi connectivity index (χ0n) is 12.8. The van der Waals surface area contributed by atoms with Crippen molar-refractivity contribution in [3.8, 4) is 0 Å². The maximum absolute atomic E-state index is 12.2. The zero-order chi connectivity index (χ0) is 14.9. The van der Waals surface area contributed by atoms with Crippen molar-refractivity contribution in [2.45, 2.75) is 57.4 Å². The molecule has 1 unspecified atom stereocenters. The largest absolute Gasteiger partial charge is 0.396 e. The molecule has 1 aliphatic carbocycles. The van der Waals surface area contributed by atoms with Crippen LogP contribution in [-0.4, -0.2) is 23.7 Å². The number of amides is 1. The number of aryl methyl sites for hydroxylation is 1. The Morgan fingerprint density at radius 2 is 1.90 bits per heavy atom. The summed E-state index contributed by atoms with van der Waals surface area (Å²) in [6.45, 7) is 0.153. The second-order valence-corrected chi connectivity index (χ2v) is 6.07. The van der Waals surface area contributed by atoms with Crippen molar-refractivity contribution in [3.05, 3.63) is 35.9 Å². The molecule has 0 radical (unpaired) electrons. The highest BCUT2D eigenvalue weighted by atomic mass is 16.3. The van der Waals surface area contributed by atoms with Crippen LogP contribution in [0, 0.1) is 5.92 Å². The molecule has 21 heavy (non-hydrogen) atoms. The van der Waals surface area contributed by atoms with E-state index >= 15 is 0 Å². The van der Waals surface area contributed by atoms with Gasteiger partial charge in [0.05, 0.1) is 0 Å². The Morgan fingerprint density at radius 3 is 2.57 bits per heavy atom. The van der Waals surface area contributed by atoms with E-state index in [1.165, 1.54) is 37.7 Å². The van der Waals surface area contributed by atoms with Gasteiger partial charge in [-0.25, -0.2) is 0 Å². The summed E-state index contributed by atoms with van der Waals surface area (Å²) in [5.74, 6) is 0.662. The number of hydrogen-bond donors (Lipinski definition) is 2. The quantitative estimate of drug-likeness (QED) is 0.810. The van der Waals surface area contributed by atoms with Crippen molar-refractivity contribution in [3.63, 3.8) is 0 Å². The van der Waals surface area contributed by atoms with Gasteiger partial charge in [0.25, 0.3) is 0 Å². The summed E-state index contributed by atoms with van der Waals surface area (Å²) in [6.07, 6.45) is 8.18. The third kappa shape index (κ3) is 5.50. The van der Waals surface area contributed by atoms with E-state index in [9.17, 15) is 9.90 Å². The van der Waals surface area contributed by atoms with Crippen molar-refractivity contribution in [2.24, 2.45) is 5.92 Å². The van der Waals surface area contributed by atoms with E-state index in [0.717, 1.165) is 6.42 Å². The lowest BCUT2D eigenvalue weighted by Gasteiger charge is -2.30. The molecule has 0 heterocycles. The Balaban J connectivity index is 1.80. The van der Waals surface area contributed by atoms with Gasteiger partial charge in [0.2, 0.25) is 5.91 Å². The molecule has 0 spiro atoms. The van der Waals surface area contributed by atoms with E-state index in [-0.39, 0.29) is 18.6 Å². The van der Waals surface area contributed by atoms with Crippen LogP contribution in [0.25, 0.3) is 0 Å². The SMILES string of the molecule is O=C(CCc1ccccc1)NC(CCO)C1CCCCC1. The van der Waals surface area contributed by atoms with Crippen molar-refractivity contribution in [1.29, 1.82) is 0 Å². The van der Waals surface area contributed by atoms with Crippen LogP contribution in [0.15, 0.2) is 30.3 Å². The van der Waals surface area contributed by atoms with Crippen LogP contribution in [0.3, 0.4) is 0 Å². The van der Waals surface area contributed by atoms with Crippen LogP contribution in [0.5, 0.6) is 0 Å². The van der Waals surface area contributed by atoms with Crippen LogP contribution in [0.2, 0.25) is 0 Å². The molecule has 0 aromatic heterocycles. The van der Waals surface area contributed by atoms with Gasteiger partial charge in [-0.1, -0.05) is 49.6 Å². The summed E-state index contributed by atoms with van der Waals surface area (Å²) < 4.78 is 0. The van der Waals surface area contributed by atoms with Gasteiger partial charge < -0.3 is 10.4 Å². The molecule has 1 aromatic carbocycles. The van der Waals surface area contributed by atoms with E-state index in [4.69, 9.17) is 0 Å². The number of aliphatic hydroxyl groups excluding tert-OH is 1. The second-order valence-electron chi connectivity index (χ2n) is 6.07. The Kier molecular flexibility index (Phi) is 6.74. The predicted molar refractivity (Wildman–Crippen MR) is 85.0 cm³/mol. The van der Waals surface area contributed by atoms with Gasteiger partial charge in [0.15, 0.2) is 0 Å². The van der Waals surface area contributed by atoms with Gasteiger partial charge in [-0.2, -0.15) is 0 Å². The minimum Gasteiger partial charge on any atom is -0.396 e. The van der Waals surface area contributed by atoms with Crippen LogP contribution in [0.1, 0.15) is 50.5 Å². The number of nitrogens with one attached hydrogen (secondary N) is 1. The summed E-state index contributed by atoms with van der Waals surface area (Å²) >= 11 is 0. The topological polar surface area (TPSA) is 49.3 Å². The van der Waals surface area contributed by atoms with Gasteiger partial charge in [-0.3, -0.25) is 4.79 Å². The highest BCUT2D eigenvalue weighted by Crippen LogP contribution is 2.27. The van der Waals surface area contributed by atoms with E-state index in [2.05, 4.69) is 17.4 Å². The van der Waals surface area contributed by atoms with Gasteiger partial charge in [0.1, 0.15) is 0 Å². The van der Waals surface area contributed by atoms with Crippen molar-refractivity contribution >= 4 is 5.91 Å². The van der Waals surface area contributed by atoms with Gasteiger partial charge in [-0.15, -0.1) is 0 Å². The van der Waals surface area contributed by atoms with Crippen LogP contribution >= 0.6 is 0 Å². The normalized spacial score (nSPS) is 17.4. The Bertz CT molecular complexity index is 412. The number of hydrogen-bond acceptors (Lipinski definition) is 2. The molecule has 0 aliphatic heterocycles. The molecule has 1 aliphatic rings. The molecule has 1 amide bonds. The lowest BCUT2D eigenvalue weighted by Crippen LogP contribution is -2.41. The molecule has 3 heteroatoms. The summed E-state index contributed by atoms with van der Waals surface area (Å²) in [5, 5.41) is 12.4. The van der Waals surface area contributed by atoms with E-state index in [1.54, 1.807) is 0 Å². The maximum atomic E-state index is 12.2. The maximum Gasteiger partial charge on any atom is 0.220 e. The first kappa shape index (κ1) is 16.0. The minimum absolute atomic E-state index is 0.114. The zero-order valence-corrected chi connectivity index (χ0v) is 12.8. The summed E-state index contributed by atoms with van der Waals surface area (Å²) in [7, 11) is 0. The molecular weight excluding hydrogens is 262 g/mol. The molecule has 2 N–H and O–H groups in total. The Labute approximate surface area is 127 Å². The standard InChI is InChI=1S/C18H27NO2/c20-14-13-17(16-9-5-2-6-10-16)19-18(21)12-11-15-7-3-1-4-8-15/h1,3-4,7-8,16-17,20H,2,5-6,9-14H2,(H,19,21). The molecule has 1 fully saturated rings. The number of carbonyl (C=O) groups is 1. The molecule has 1 aromatic rings. The lowest BCUT2D eigenvalue weighted by atomic mass is 9.82. The third-order valence-electron chi connectivity index (χ3n) is 4.49. The Morgan fingerprint density at radius 1 is 1.19 bits per heavy atom. The monoisotopic (exact) mass is 289 g/mol. The van der Waals surface area contributed by atoms with Crippen molar-refractivity contribution in [1.82, 2.24) is 5.32 Å². The number of aliphatic hydroxyl groups is 1. The van der Waals surface area contributed by atoms with Gasteiger partial charge >= 0.3 is 0 Å². The fourth-order valence-electron chi connectivity index (χ4n) is 3.28. The molecule has 3 nitrogen and oxygen atoms in total. The first-order valence-electron chi connectivity index (χ1n) is 8.23. The van der Waals surface area contributed by atoms with Gasteiger partial charge in [0, 0.05) is 19.1 Å². The smallest absolute Gasteiger partial charge is 0.220 e. The molecule has 0 bridgehead atoms. The summed E-state index contributed by atoms with van der Waals surface area (Å²) in [6, 6.07) is 10.3. The van der Waals surface area contributed by atoms with Crippen LogP contribution < -0.4 is 5.32 Å². The number of benzene rings is 1. The fraction of sp³-hybridized carbons (Fsp3) is 0.611. The molecule has 116 valence electrons. The average Bonchev–Trinajstić information content (AvgIpc) is 2.54. The number of rotatable bonds is 7. The first-order chi connectivity index (χ1) is 10.3. The minimum atomic E-state index is 0.114.